The van der Waals surface area contributed by atoms with Crippen molar-refractivity contribution < 1.29 is 9.13 Å². The normalized spacial score (nSPS) is 11.3. The molecule has 0 aliphatic rings. The maximum Gasteiger partial charge on any atom is 0.165 e. The van der Waals surface area contributed by atoms with Gasteiger partial charge in [-0.25, -0.2) is 9.37 Å². The van der Waals surface area contributed by atoms with Crippen LogP contribution >= 0.6 is 11.6 Å². The molecule has 0 atom stereocenters. The van der Waals surface area contributed by atoms with E-state index in [1.54, 1.807) is 18.2 Å². The van der Waals surface area contributed by atoms with Crippen LogP contribution in [0.25, 0.3) is 5.65 Å². The fourth-order valence-electron chi connectivity index (χ4n) is 2.32. The highest BCUT2D eigenvalue weighted by Crippen LogP contribution is 2.15. The van der Waals surface area contributed by atoms with Gasteiger partial charge in [0.05, 0.1) is 10.7 Å². The Morgan fingerprint density at radius 3 is 2.87 bits per heavy atom. The minimum Gasteiger partial charge on any atom is -0.489 e. The van der Waals surface area contributed by atoms with E-state index in [9.17, 15) is 4.39 Å². The van der Waals surface area contributed by atoms with Gasteiger partial charge in [0.1, 0.15) is 12.3 Å². The molecule has 120 valence electrons. The molecular formula is C17H17ClFN3O. The van der Waals surface area contributed by atoms with E-state index in [1.807, 2.05) is 36.0 Å². The van der Waals surface area contributed by atoms with Crippen LogP contribution in [0.3, 0.4) is 0 Å². The zero-order chi connectivity index (χ0) is 16.2. The highest BCUT2D eigenvalue weighted by atomic mass is 35.5. The van der Waals surface area contributed by atoms with E-state index in [-0.39, 0.29) is 11.6 Å². The average Bonchev–Trinajstić information content (AvgIpc) is 2.90. The van der Waals surface area contributed by atoms with E-state index in [0.29, 0.717) is 24.7 Å². The van der Waals surface area contributed by atoms with E-state index in [1.165, 1.54) is 6.07 Å². The summed E-state index contributed by atoms with van der Waals surface area (Å²) < 4.78 is 20.8. The lowest BCUT2D eigenvalue weighted by Crippen LogP contribution is -2.24. The molecule has 1 aromatic carbocycles. The van der Waals surface area contributed by atoms with Crippen molar-refractivity contribution in [2.75, 3.05) is 20.2 Å². The number of para-hydroxylation sites is 1. The summed E-state index contributed by atoms with van der Waals surface area (Å²) in [5.41, 5.74) is 1.81. The zero-order valence-corrected chi connectivity index (χ0v) is 13.5. The molecule has 23 heavy (non-hydrogen) atoms. The Hall–Kier alpha value is -2.11. The maximum atomic E-state index is 13.4. The second kappa shape index (κ2) is 6.98. The van der Waals surface area contributed by atoms with Gasteiger partial charge in [0.15, 0.2) is 11.6 Å². The molecule has 0 aliphatic heterocycles. The Morgan fingerprint density at radius 1 is 1.22 bits per heavy atom. The van der Waals surface area contributed by atoms with Crippen molar-refractivity contribution in [1.29, 1.82) is 0 Å². The van der Waals surface area contributed by atoms with Gasteiger partial charge in [-0.2, -0.15) is 0 Å². The minimum atomic E-state index is -0.340. The van der Waals surface area contributed by atoms with E-state index >= 15 is 0 Å². The molecule has 0 spiro atoms. The third kappa shape index (κ3) is 4.00. The number of aromatic nitrogens is 2. The van der Waals surface area contributed by atoms with Crippen molar-refractivity contribution >= 4 is 17.2 Å². The first-order chi connectivity index (χ1) is 11.1. The minimum absolute atomic E-state index is 0.281. The van der Waals surface area contributed by atoms with Crippen LogP contribution in [0, 0.1) is 5.82 Å². The maximum absolute atomic E-state index is 13.4. The molecule has 0 N–H and O–H groups in total. The lowest BCUT2D eigenvalue weighted by Gasteiger charge is -2.15. The SMILES string of the molecule is CN(CCOc1ccccc1F)Cc1cn2cc(Cl)ccc2n1. The van der Waals surface area contributed by atoms with Crippen LogP contribution in [0.1, 0.15) is 5.69 Å². The smallest absolute Gasteiger partial charge is 0.165 e. The summed E-state index contributed by atoms with van der Waals surface area (Å²) in [5.74, 6) is -0.0596. The van der Waals surface area contributed by atoms with Gasteiger partial charge >= 0.3 is 0 Å². The molecule has 0 fully saturated rings. The Balaban J connectivity index is 1.54. The van der Waals surface area contributed by atoms with Crippen LogP contribution in [0.4, 0.5) is 4.39 Å². The zero-order valence-electron chi connectivity index (χ0n) is 12.7. The summed E-state index contributed by atoms with van der Waals surface area (Å²) in [6.45, 7) is 1.76. The quantitative estimate of drug-likeness (QED) is 0.690. The summed E-state index contributed by atoms with van der Waals surface area (Å²) >= 11 is 5.97. The molecular weight excluding hydrogens is 317 g/mol. The third-order valence-corrected chi connectivity index (χ3v) is 3.69. The Bertz CT molecular complexity index is 805. The first kappa shape index (κ1) is 15.8. The molecule has 3 aromatic rings. The molecule has 0 saturated carbocycles. The van der Waals surface area contributed by atoms with Crippen molar-refractivity contribution in [3.8, 4) is 5.75 Å². The summed E-state index contributed by atoms with van der Waals surface area (Å²) in [6, 6.07) is 10.1. The van der Waals surface area contributed by atoms with Crippen molar-refractivity contribution in [1.82, 2.24) is 14.3 Å². The standard InChI is InChI=1S/C17H17ClFN3O/c1-21(8-9-23-16-5-3-2-4-15(16)19)11-14-12-22-10-13(18)6-7-17(22)20-14/h2-7,10,12H,8-9,11H2,1H3. The Labute approximate surface area is 139 Å². The third-order valence-electron chi connectivity index (χ3n) is 3.46. The summed E-state index contributed by atoms with van der Waals surface area (Å²) in [4.78, 5) is 6.61. The fourth-order valence-corrected chi connectivity index (χ4v) is 2.49. The largest absolute Gasteiger partial charge is 0.489 e. The van der Waals surface area contributed by atoms with Gasteiger partial charge in [0.2, 0.25) is 0 Å². The number of benzene rings is 1. The molecule has 2 aromatic heterocycles. The highest BCUT2D eigenvalue weighted by molar-refractivity contribution is 6.30. The van der Waals surface area contributed by atoms with E-state index in [2.05, 4.69) is 9.88 Å². The topological polar surface area (TPSA) is 29.8 Å². The molecule has 0 amide bonds. The van der Waals surface area contributed by atoms with Crippen LogP contribution < -0.4 is 4.74 Å². The van der Waals surface area contributed by atoms with E-state index < -0.39 is 0 Å². The number of pyridine rings is 1. The van der Waals surface area contributed by atoms with Crippen molar-refractivity contribution in [3.05, 3.63) is 65.3 Å². The fraction of sp³-hybridized carbons (Fsp3) is 0.235. The van der Waals surface area contributed by atoms with Gasteiger partial charge < -0.3 is 9.14 Å². The van der Waals surface area contributed by atoms with Gasteiger partial charge in [0, 0.05) is 25.5 Å². The number of halogens is 2. The average molecular weight is 334 g/mol. The molecule has 2 heterocycles. The molecule has 0 radical (unpaired) electrons. The van der Waals surface area contributed by atoms with Gasteiger partial charge in [-0.15, -0.1) is 0 Å². The summed E-state index contributed by atoms with van der Waals surface area (Å²) in [6.07, 6.45) is 3.78. The number of hydrogen-bond acceptors (Lipinski definition) is 3. The predicted molar refractivity (Wildman–Crippen MR) is 88.4 cm³/mol. The lowest BCUT2D eigenvalue weighted by atomic mass is 10.3. The van der Waals surface area contributed by atoms with Crippen LogP contribution in [0.2, 0.25) is 5.02 Å². The molecule has 4 nitrogen and oxygen atoms in total. The monoisotopic (exact) mass is 333 g/mol. The summed E-state index contributed by atoms with van der Waals surface area (Å²) in [5, 5.41) is 0.674. The Morgan fingerprint density at radius 2 is 2.04 bits per heavy atom. The number of ether oxygens (including phenoxy) is 1. The molecule has 6 heteroatoms. The molecule has 0 bridgehead atoms. The first-order valence-corrected chi connectivity index (χ1v) is 7.68. The van der Waals surface area contributed by atoms with Crippen molar-refractivity contribution in [2.24, 2.45) is 0 Å². The Kier molecular flexibility index (Phi) is 4.79. The van der Waals surface area contributed by atoms with E-state index in [4.69, 9.17) is 16.3 Å². The molecule has 0 aliphatic carbocycles. The van der Waals surface area contributed by atoms with Crippen LogP contribution in [0.5, 0.6) is 5.75 Å². The second-order valence-corrected chi connectivity index (χ2v) is 5.80. The molecule has 0 saturated heterocycles. The molecule has 3 rings (SSSR count). The van der Waals surface area contributed by atoms with Crippen LogP contribution in [-0.2, 0) is 6.54 Å². The van der Waals surface area contributed by atoms with Gasteiger partial charge in [-0.05, 0) is 31.3 Å². The van der Waals surface area contributed by atoms with Crippen LogP contribution in [0.15, 0.2) is 48.8 Å². The number of likely N-dealkylation sites (N-methyl/N-ethyl adjacent to an activating group) is 1. The number of fused-ring (bicyclic) bond motifs is 1. The van der Waals surface area contributed by atoms with Crippen molar-refractivity contribution in [2.45, 2.75) is 6.54 Å². The van der Waals surface area contributed by atoms with E-state index in [0.717, 1.165) is 11.3 Å². The van der Waals surface area contributed by atoms with Gasteiger partial charge in [0.25, 0.3) is 0 Å². The highest BCUT2D eigenvalue weighted by Gasteiger charge is 2.07. The van der Waals surface area contributed by atoms with Gasteiger partial charge in [-0.3, -0.25) is 4.90 Å². The first-order valence-electron chi connectivity index (χ1n) is 7.31. The number of hydrogen-bond donors (Lipinski definition) is 0. The molecule has 0 unspecified atom stereocenters. The number of rotatable bonds is 6. The lowest BCUT2D eigenvalue weighted by molar-refractivity contribution is 0.225. The van der Waals surface area contributed by atoms with Crippen molar-refractivity contribution in [3.63, 3.8) is 0 Å². The predicted octanol–water partition coefficient (Wildman–Crippen LogP) is 3.64. The van der Waals surface area contributed by atoms with Gasteiger partial charge in [-0.1, -0.05) is 23.7 Å². The number of nitrogens with zero attached hydrogens (tertiary/aromatic N) is 3. The second-order valence-electron chi connectivity index (χ2n) is 5.36. The number of imidazole rings is 1. The van der Waals surface area contributed by atoms with Crippen LogP contribution in [-0.4, -0.2) is 34.5 Å². The summed E-state index contributed by atoms with van der Waals surface area (Å²) in [7, 11) is 1.97.